The standard InChI is InChI=1S/C10H25P.C2H7O4P/c1-9(2)7-11(5,6)8-10(3)4;1-5-7(3,4)6-2/h9-11H,7-8H2,1-6H3;1-2H3,(H,3,4). The molecular weight excluding hydrogens is 270 g/mol. The van der Waals surface area contributed by atoms with E-state index < -0.39 is 15.1 Å². The fourth-order valence-corrected chi connectivity index (χ4v) is 7.10. The van der Waals surface area contributed by atoms with Crippen molar-refractivity contribution >= 4 is 15.1 Å². The summed E-state index contributed by atoms with van der Waals surface area (Å²) in [7, 11) is -2.28. The molecule has 0 saturated carbocycles. The molecule has 0 aliphatic carbocycles. The zero-order chi connectivity index (χ0) is 15.0. The van der Waals surface area contributed by atoms with Gasteiger partial charge in [0.05, 0.1) is 0 Å². The zero-order valence-corrected chi connectivity index (χ0v) is 15.1. The van der Waals surface area contributed by atoms with Crippen molar-refractivity contribution in [2.75, 3.05) is 39.9 Å². The molecule has 0 rings (SSSR count). The maximum Gasteiger partial charge on any atom is 0.471 e. The van der Waals surface area contributed by atoms with E-state index in [1.807, 2.05) is 0 Å². The average molecular weight is 302 g/mol. The Balaban J connectivity index is 0. The zero-order valence-electron chi connectivity index (χ0n) is 13.2. The van der Waals surface area contributed by atoms with Gasteiger partial charge in [0, 0.05) is 14.2 Å². The van der Waals surface area contributed by atoms with E-state index in [4.69, 9.17) is 4.89 Å². The Morgan fingerprint density at radius 2 is 1.28 bits per heavy atom. The summed E-state index contributed by atoms with van der Waals surface area (Å²) in [5.41, 5.74) is 0. The minimum Gasteiger partial charge on any atom is -0.303 e. The van der Waals surface area contributed by atoms with E-state index in [0.29, 0.717) is 0 Å². The molecule has 0 aromatic carbocycles. The van der Waals surface area contributed by atoms with Crippen molar-refractivity contribution in [2.24, 2.45) is 11.8 Å². The molecule has 0 aromatic heterocycles. The van der Waals surface area contributed by atoms with Gasteiger partial charge < -0.3 is 4.89 Å². The molecule has 0 fully saturated rings. The first-order valence-corrected chi connectivity index (χ1v) is 11.3. The number of hydrogen-bond donors (Lipinski definition) is 1. The van der Waals surface area contributed by atoms with Crippen molar-refractivity contribution in [2.45, 2.75) is 27.7 Å². The van der Waals surface area contributed by atoms with Crippen LogP contribution in [0.5, 0.6) is 0 Å². The Hall–Kier alpha value is 0.540. The summed E-state index contributed by atoms with van der Waals surface area (Å²) in [5.74, 6) is 1.80. The van der Waals surface area contributed by atoms with Crippen LogP contribution in [0.3, 0.4) is 0 Å². The number of rotatable bonds is 6. The van der Waals surface area contributed by atoms with E-state index in [1.54, 1.807) is 0 Å². The molecule has 0 atom stereocenters. The smallest absolute Gasteiger partial charge is 0.303 e. The summed E-state index contributed by atoms with van der Waals surface area (Å²) < 4.78 is 18.0. The van der Waals surface area contributed by atoms with Gasteiger partial charge in [-0.2, -0.15) is 0 Å². The van der Waals surface area contributed by atoms with E-state index in [1.165, 1.54) is 12.3 Å². The van der Waals surface area contributed by atoms with Gasteiger partial charge in [-0.1, -0.05) is 0 Å². The first kappa shape index (κ1) is 20.8. The first-order valence-electron chi connectivity index (χ1n) is 6.40. The molecular formula is C12H32O4P2. The molecule has 0 saturated heterocycles. The maximum absolute atomic E-state index is 10.1. The second kappa shape index (κ2) is 9.44. The van der Waals surface area contributed by atoms with Crippen LogP contribution in [0.1, 0.15) is 27.7 Å². The molecule has 0 spiro atoms. The van der Waals surface area contributed by atoms with Crippen molar-refractivity contribution in [3.05, 3.63) is 0 Å². The number of phosphoric acid groups is 1. The summed E-state index contributed by atoms with van der Waals surface area (Å²) in [6.45, 7) is 14.4. The van der Waals surface area contributed by atoms with Gasteiger partial charge >= 0.3 is 80.3 Å². The molecule has 6 heteroatoms. The Morgan fingerprint density at radius 3 is 1.39 bits per heavy atom. The van der Waals surface area contributed by atoms with E-state index in [2.05, 4.69) is 50.1 Å². The number of hydrogen-bond acceptors (Lipinski definition) is 3. The normalized spacial score (nSPS) is 13.5. The van der Waals surface area contributed by atoms with E-state index >= 15 is 0 Å². The van der Waals surface area contributed by atoms with Gasteiger partial charge in [0.15, 0.2) is 0 Å². The summed E-state index contributed by atoms with van der Waals surface area (Å²) >= 11 is 0. The van der Waals surface area contributed by atoms with Gasteiger partial charge in [0.2, 0.25) is 0 Å². The number of phosphoric ester groups is 1. The van der Waals surface area contributed by atoms with Crippen molar-refractivity contribution in [1.29, 1.82) is 0 Å². The second-order valence-corrected chi connectivity index (χ2v) is 13.0. The molecule has 0 heterocycles. The van der Waals surface area contributed by atoms with Crippen LogP contribution in [0.4, 0.5) is 0 Å². The molecule has 0 aliphatic heterocycles. The monoisotopic (exact) mass is 302 g/mol. The van der Waals surface area contributed by atoms with Crippen molar-refractivity contribution in [3.8, 4) is 0 Å². The van der Waals surface area contributed by atoms with E-state index in [9.17, 15) is 4.57 Å². The van der Waals surface area contributed by atoms with Gasteiger partial charge in [-0.3, -0.25) is 9.05 Å². The molecule has 4 nitrogen and oxygen atoms in total. The Morgan fingerprint density at radius 1 is 1.00 bits per heavy atom. The third kappa shape index (κ3) is 14.6. The summed E-state index contributed by atoms with van der Waals surface area (Å²) in [4.78, 5) is 8.24. The van der Waals surface area contributed by atoms with Gasteiger partial charge in [0.25, 0.3) is 0 Å². The average Bonchev–Trinajstić information content (AvgIpc) is 2.14. The van der Waals surface area contributed by atoms with Crippen LogP contribution in [-0.2, 0) is 13.6 Å². The third-order valence-electron chi connectivity index (χ3n) is 2.38. The van der Waals surface area contributed by atoms with Crippen molar-refractivity contribution in [1.82, 2.24) is 0 Å². The third-order valence-corrected chi connectivity index (χ3v) is 7.15. The Kier molecular flexibility index (Phi) is 10.9. The van der Waals surface area contributed by atoms with Gasteiger partial charge in [-0.05, 0) is 0 Å². The molecule has 0 radical (unpaired) electrons. The fourth-order valence-electron chi connectivity index (χ4n) is 2.37. The minimum absolute atomic E-state index is 0.829. The van der Waals surface area contributed by atoms with Gasteiger partial charge in [-0.15, -0.1) is 0 Å². The fraction of sp³-hybridized carbons (Fsp3) is 1.00. The second-order valence-electron chi connectivity index (χ2n) is 6.19. The van der Waals surface area contributed by atoms with E-state index in [-0.39, 0.29) is 0 Å². The van der Waals surface area contributed by atoms with Crippen LogP contribution in [0, 0.1) is 11.8 Å². The largest absolute Gasteiger partial charge is 0.471 e. The molecule has 0 aliphatic rings. The van der Waals surface area contributed by atoms with Crippen LogP contribution in [0.2, 0.25) is 0 Å². The first-order chi connectivity index (χ1) is 7.95. The summed E-state index contributed by atoms with van der Waals surface area (Å²) in [6, 6.07) is 0. The van der Waals surface area contributed by atoms with Crippen LogP contribution >= 0.6 is 15.1 Å². The van der Waals surface area contributed by atoms with Crippen LogP contribution in [0.15, 0.2) is 0 Å². The van der Waals surface area contributed by atoms with Crippen LogP contribution < -0.4 is 0 Å². The van der Waals surface area contributed by atoms with Crippen LogP contribution in [0.25, 0.3) is 0 Å². The van der Waals surface area contributed by atoms with Gasteiger partial charge in [0.1, 0.15) is 0 Å². The molecule has 0 amide bonds. The van der Waals surface area contributed by atoms with Crippen molar-refractivity contribution in [3.63, 3.8) is 0 Å². The van der Waals surface area contributed by atoms with E-state index in [0.717, 1.165) is 26.1 Å². The molecule has 0 bridgehead atoms. The molecule has 0 unspecified atom stereocenters. The summed E-state index contributed by atoms with van der Waals surface area (Å²) in [5, 5.41) is 0. The van der Waals surface area contributed by atoms with Crippen LogP contribution in [-0.4, -0.2) is 44.8 Å². The van der Waals surface area contributed by atoms with Crippen molar-refractivity contribution < 1.29 is 18.5 Å². The molecule has 114 valence electrons. The molecule has 0 aromatic rings. The Labute approximate surface area is 113 Å². The Bertz CT molecular complexity index is 232. The molecule has 18 heavy (non-hydrogen) atoms. The topological polar surface area (TPSA) is 55.8 Å². The van der Waals surface area contributed by atoms with Gasteiger partial charge in [-0.25, -0.2) is 4.57 Å². The SMILES string of the molecule is CC(C)C[PH](C)(C)CC(C)C.COP(=O)(O)OC. The predicted molar refractivity (Wildman–Crippen MR) is 83.4 cm³/mol. The predicted octanol–water partition coefficient (Wildman–Crippen LogP) is 3.69. The molecule has 1 N–H and O–H groups in total. The quantitative estimate of drug-likeness (QED) is 0.760. The maximum atomic E-state index is 10.1. The summed E-state index contributed by atoms with van der Waals surface area (Å²) in [6.07, 6.45) is 2.98. The minimum atomic E-state index is -3.65.